The van der Waals surface area contributed by atoms with E-state index in [1.807, 2.05) is 13.0 Å². The van der Waals surface area contributed by atoms with Gasteiger partial charge in [-0.05, 0) is 61.9 Å². The van der Waals surface area contributed by atoms with Crippen LogP contribution >= 0.6 is 0 Å². The number of nitrogen functional groups attached to an aromatic ring is 1. The predicted octanol–water partition coefficient (Wildman–Crippen LogP) is 4.74. The number of nitrogens with zero attached hydrogens (tertiary/aromatic N) is 5. The lowest BCUT2D eigenvalue weighted by Gasteiger charge is -2.29. The molecule has 0 unspecified atom stereocenters. The molecule has 4 rings (SSSR count). The molecule has 8 nitrogen and oxygen atoms in total. The van der Waals surface area contributed by atoms with Crippen molar-refractivity contribution in [2.24, 2.45) is 0 Å². The van der Waals surface area contributed by atoms with Crippen molar-refractivity contribution in [3.63, 3.8) is 0 Å². The summed E-state index contributed by atoms with van der Waals surface area (Å²) in [5, 5.41) is 0.727. The summed E-state index contributed by atoms with van der Waals surface area (Å²) < 4.78 is 44.6. The number of benzene rings is 1. The maximum absolute atomic E-state index is 13.8. The molecule has 186 valence electrons. The minimum absolute atomic E-state index is 0.0936. The van der Waals surface area contributed by atoms with Crippen LogP contribution in [0.2, 0.25) is 0 Å². The van der Waals surface area contributed by atoms with Gasteiger partial charge in [-0.2, -0.15) is 13.2 Å². The molecule has 0 spiro atoms. The van der Waals surface area contributed by atoms with Crippen LogP contribution in [0.5, 0.6) is 5.88 Å². The average Bonchev–Trinajstić information content (AvgIpc) is 2.86. The topological polar surface area (TPSA) is 107 Å². The third-order valence-electron chi connectivity index (χ3n) is 5.74. The summed E-state index contributed by atoms with van der Waals surface area (Å²) in [5.41, 5.74) is 6.88. The highest BCUT2D eigenvalue weighted by Crippen LogP contribution is 2.32. The van der Waals surface area contributed by atoms with Gasteiger partial charge >= 0.3 is 6.18 Å². The minimum Gasteiger partial charge on any atom is -0.481 e. The number of carbonyl (C=O) groups is 1. The minimum atomic E-state index is -4.63. The Balaban J connectivity index is 1.76. The van der Waals surface area contributed by atoms with Gasteiger partial charge in [-0.1, -0.05) is 0 Å². The van der Waals surface area contributed by atoms with E-state index in [1.54, 1.807) is 43.6 Å². The molecule has 0 aliphatic carbocycles. The zero-order chi connectivity index (χ0) is 26.0. The van der Waals surface area contributed by atoms with Crippen LogP contribution in [0.1, 0.15) is 46.0 Å². The van der Waals surface area contributed by atoms with Crippen LogP contribution in [0.4, 0.5) is 19.0 Å². The van der Waals surface area contributed by atoms with Crippen LogP contribution in [0.25, 0.3) is 10.9 Å². The van der Waals surface area contributed by atoms with E-state index in [0.717, 1.165) is 17.0 Å². The van der Waals surface area contributed by atoms with Crippen LogP contribution in [-0.4, -0.2) is 37.9 Å². The molecule has 1 atom stereocenters. The largest absolute Gasteiger partial charge is 0.481 e. The van der Waals surface area contributed by atoms with E-state index in [9.17, 15) is 18.0 Å². The smallest absolute Gasteiger partial charge is 0.433 e. The number of amides is 1. The van der Waals surface area contributed by atoms with Gasteiger partial charge in [-0.3, -0.25) is 4.79 Å². The summed E-state index contributed by atoms with van der Waals surface area (Å²) in [7, 11) is 1.23. The van der Waals surface area contributed by atoms with E-state index < -0.39 is 17.9 Å². The third kappa shape index (κ3) is 5.04. The van der Waals surface area contributed by atoms with E-state index in [-0.39, 0.29) is 18.3 Å². The number of nitrogens with two attached hydrogens (primary N) is 1. The van der Waals surface area contributed by atoms with Gasteiger partial charge in [0.05, 0.1) is 25.2 Å². The number of halogens is 3. The van der Waals surface area contributed by atoms with E-state index >= 15 is 0 Å². The predicted molar refractivity (Wildman–Crippen MR) is 127 cm³/mol. The monoisotopic (exact) mass is 496 g/mol. The molecule has 1 aromatic carbocycles. The molecular formula is C25H23F3N6O2. The number of anilines is 1. The highest BCUT2D eigenvalue weighted by atomic mass is 19.4. The molecule has 11 heteroatoms. The van der Waals surface area contributed by atoms with E-state index in [2.05, 4.69) is 19.9 Å². The molecule has 1 amide bonds. The quantitative estimate of drug-likeness (QED) is 0.411. The standard InChI is InChI=1S/C25H23F3N6O2/c1-14-11-18-12-16(5-7-19(18)32-21(14)29)24(35)34(15(2)22-30-9-4-10-31-22)13-17-6-8-20(25(26,27)28)33-23(17)36-3/h4-12,15H,13H2,1-3H3,(H2,29,32)/t15-/m1/s1. The van der Waals surface area contributed by atoms with Crippen LogP contribution in [0.3, 0.4) is 0 Å². The van der Waals surface area contributed by atoms with E-state index in [0.29, 0.717) is 28.3 Å². The fourth-order valence-corrected chi connectivity index (χ4v) is 3.75. The summed E-state index contributed by atoms with van der Waals surface area (Å²) in [5.74, 6) is 0.168. The van der Waals surface area contributed by atoms with Crippen LogP contribution in [-0.2, 0) is 12.7 Å². The molecule has 0 aliphatic rings. The van der Waals surface area contributed by atoms with Crippen molar-refractivity contribution in [2.75, 3.05) is 12.8 Å². The Bertz CT molecular complexity index is 1410. The lowest BCUT2D eigenvalue weighted by molar-refractivity contribution is -0.141. The Morgan fingerprint density at radius 2 is 1.83 bits per heavy atom. The zero-order valence-corrected chi connectivity index (χ0v) is 19.7. The molecule has 3 heterocycles. The number of ether oxygens (including phenoxy) is 1. The molecule has 4 aromatic rings. The van der Waals surface area contributed by atoms with Gasteiger partial charge < -0.3 is 15.4 Å². The Morgan fingerprint density at radius 3 is 2.50 bits per heavy atom. The molecule has 2 N–H and O–H groups in total. The van der Waals surface area contributed by atoms with Crippen molar-refractivity contribution in [3.05, 3.63) is 83.1 Å². The van der Waals surface area contributed by atoms with Crippen molar-refractivity contribution in [1.82, 2.24) is 24.8 Å². The molecule has 0 bridgehead atoms. The first-order valence-electron chi connectivity index (χ1n) is 10.9. The Hall–Kier alpha value is -4.28. The highest BCUT2D eigenvalue weighted by molar-refractivity contribution is 5.98. The summed E-state index contributed by atoms with van der Waals surface area (Å²) in [6.45, 7) is 3.47. The van der Waals surface area contributed by atoms with Crippen molar-refractivity contribution in [3.8, 4) is 5.88 Å². The van der Waals surface area contributed by atoms with Gasteiger partial charge in [-0.25, -0.2) is 19.9 Å². The number of methoxy groups -OCH3 is 1. The SMILES string of the molecule is COc1nc(C(F)(F)F)ccc1CN(C(=O)c1ccc2nc(N)c(C)cc2c1)[C@H](C)c1ncccn1. The maximum Gasteiger partial charge on any atom is 0.433 e. The molecule has 0 saturated carbocycles. The summed E-state index contributed by atoms with van der Waals surface area (Å²) in [4.78, 5) is 31.7. The number of hydrogen-bond acceptors (Lipinski definition) is 7. The Morgan fingerprint density at radius 1 is 1.11 bits per heavy atom. The maximum atomic E-state index is 13.8. The van der Waals surface area contributed by atoms with Gasteiger partial charge in [-0.15, -0.1) is 0 Å². The van der Waals surface area contributed by atoms with Crippen molar-refractivity contribution in [2.45, 2.75) is 32.6 Å². The lowest BCUT2D eigenvalue weighted by Crippen LogP contribution is -2.34. The van der Waals surface area contributed by atoms with E-state index in [4.69, 9.17) is 10.5 Å². The highest BCUT2D eigenvalue weighted by Gasteiger charge is 2.34. The van der Waals surface area contributed by atoms with Crippen LogP contribution < -0.4 is 10.5 Å². The van der Waals surface area contributed by atoms with Crippen molar-refractivity contribution < 1.29 is 22.7 Å². The zero-order valence-electron chi connectivity index (χ0n) is 19.7. The van der Waals surface area contributed by atoms with Gasteiger partial charge in [0.15, 0.2) is 0 Å². The molecule has 36 heavy (non-hydrogen) atoms. The summed E-state index contributed by atoms with van der Waals surface area (Å²) in [6.07, 6.45) is -1.53. The number of aromatic nitrogens is 4. The normalized spacial score (nSPS) is 12.4. The van der Waals surface area contributed by atoms with Crippen molar-refractivity contribution >= 4 is 22.6 Å². The number of rotatable bonds is 6. The number of aryl methyl sites for hydroxylation is 1. The Kier molecular flexibility index (Phi) is 6.73. The fraction of sp³-hybridized carbons (Fsp3) is 0.240. The first kappa shape index (κ1) is 24.8. The molecule has 0 fully saturated rings. The molecule has 0 saturated heterocycles. The summed E-state index contributed by atoms with van der Waals surface area (Å²) in [6, 6.07) is 10.0. The van der Waals surface area contributed by atoms with Gasteiger partial charge in [0.1, 0.15) is 17.3 Å². The molecular weight excluding hydrogens is 473 g/mol. The van der Waals surface area contributed by atoms with Gasteiger partial charge in [0, 0.05) is 28.9 Å². The second-order valence-electron chi connectivity index (χ2n) is 8.18. The van der Waals surface area contributed by atoms with E-state index in [1.165, 1.54) is 18.1 Å². The number of carbonyl (C=O) groups excluding carboxylic acids is 1. The van der Waals surface area contributed by atoms with Crippen LogP contribution in [0.15, 0.2) is 54.9 Å². The second-order valence-corrected chi connectivity index (χ2v) is 8.18. The number of hydrogen-bond donors (Lipinski definition) is 1. The fourth-order valence-electron chi connectivity index (χ4n) is 3.75. The second kappa shape index (κ2) is 9.76. The third-order valence-corrected chi connectivity index (χ3v) is 5.74. The number of alkyl halides is 3. The average molecular weight is 496 g/mol. The molecule has 3 aromatic heterocycles. The van der Waals surface area contributed by atoms with Crippen molar-refractivity contribution in [1.29, 1.82) is 0 Å². The van der Waals surface area contributed by atoms with Gasteiger partial charge in [0.2, 0.25) is 5.88 Å². The molecule has 0 aliphatic heterocycles. The van der Waals surface area contributed by atoms with Gasteiger partial charge in [0.25, 0.3) is 5.91 Å². The number of pyridine rings is 2. The number of fused-ring (bicyclic) bond motifs is 1. The first-order chi connectivity index (χ1) is 17.1. The molecule has 0 radical (unpaired) electrons. The first-order valence-corrected chi connectivity index (χ1v) is 10.9. The van der Waals surface area contributed by atoms with Crippen LogP contribution in [0, 0.1) is 6.92 Å². The Labute approximate surface area is 205 Å². The lowest BCUT2D eigenvalue weighted by atomic mass is 10.1. The summed E-state index contributed by atoms with van der Waals surface area (Å²) >= 11 is 0.